The number of aryl methyl sites for hydroxylation is 1. The zero-order valence-electron chi connectivity index (χ0n) is 24.6. The number of nitrogens with zero attached hydrogens (tertiary/aromatic N) is 4. The molecule has 3 heterocycles. The molecule has 2 aromatic heterocycles. The molecule has 6 rings (SSSR count). The van der Waals surface area contributed by atoms with Crippen LogP contribution in [0.3, 0.4) is 0 Å². The fourth-order valence-electron chi connectivity index (χ4n) is 5.83. The first kappa shape index (κ1) is 28.0. The van der Waals surface area contributed by atoms with Gasteiger partial charge in [0.05, 0.1) is 42.7 Å². The lowest BCUT2D eigenvalue weighted by Crippen LogP contribution is -2.36. The van der Waals surface area contributed by atoms with Crippen LogP contribution in [0.5, 0.6) is 11.5 Å². The zero-order chi connectivity index (χ0) is 30.8. The predicted molar refractivity (Wildman–Crippen MR) is 158 cm³/mol. The third-order valence-corrected chi connectivity index (χ3v) is 7.81. The molecule has 12 nitrogen and oxygen atoms in total. The number of rotatable bonds is 5. The zero-order valence-corrected chi connectivity index (χ0v) is 24.6. The molecule has 0 saturated heterocycles. The largest absolute Gasteiger partial charge is 0.497 e. The molecule has 2 aromatic carbocycles. The van der Waals surface area contributed by atoms with Gasteiger partial charge in [0.1, 0.15) is 11.4 Å². The van der Waals surface area contributed by atoms with E-state index < -0.39 is 29.1 Å². The van der Waals surface area contributed by atoms with Crippen LogP contribution in [-0.4, -0.2) is 57.8 Å². The SMILES string of the molecule is COc1ccc2c(c1)[C@]1(C[C@H]1c1ccc3c(Nc4cc(C)ncc4OC)nn(C(=O)OC(C)(C)C)c3c1)C(=O)N2C(=O)O. The number of carbonyl (C=O) groups excluding carboxylic acids is 2. The third kappa shape index (κ3) is 4.49. The van der Waals surface area contributed by atoms with Crippen molar-refractivity contribution in [2.45, 2.75) is 51.0 Å². The molecule has 0 bridgehead atoms. The van der Waals surface area contributed by atoms with Crippen molar-refractivity contribution in [3.05, 3.63) is 65.5 Å². The van der Waals surface area contributed by atoms with Crippen LogP contribution in [0.2, 0.25) is 0 Å². The summed E-state index contributed by atoms with van der Waals surface area (Å²) in [7, 11) is 3.06. The molecule has 2 atom stereocenters. The maximum atomic E-state index is 13.6. The number of fused-ring (bicyclic) bond motifs is 3. The monoisotopic (exact) mass is 585 g/mol. The molecule has 12 heteroatoms. The van der Waals surface area contributed by atoms with Gasteiger partial charge in [-0.25, -0.2) is 14.5 Å². The number of ether oxygens (including phenoxy) is 3. The second kappa shape index (κ2) is 9.72. The Bertz CT molecular complexity index is 1830. The van der Waals surface area contributed by atoms with E-state index >= 15 is 0 Å². The second-order valence-electron chi connectivity index (χ2n) is 11.7. The summed E-state index contributed by atoms with van der Waals surface area (Å²) < 4.78 is 17.7. The van der Waals surface area contributed by atoms with Crippen LogP contribution in [0.4, 0.5) is 26.8 Å². The number of imide groups is 1. The molecule has 2 N–H and O–H groups in total. The Balaban J connectivity index is 1.46. The lowest BCUT2D eigenvalue weighted by molar-refractivity contribution is -0.119. The van der Waals surface area contributed by atoms with Gasteiger partial charge >= 0.3 is 12.2 Å². The average molecular weight is 586 g/mol. The van der Waals surface area contributed by atoms with Gasteiger partial charge in [-0.1, -0.05) is 6.07 Å². The lowest BCUT2D eigenvalue weighted by atomic mass is 9.91. The number of anilines is 3. The summed E-state index contributed by atoms with van der Waals surface area (Å²) >= 11 is 0. The summed E-state index contributed by atoms with van der Waals surface area (Å²) in [6.45, 7) is 7.16. The minimum Gasteiger partial charge on any atom is -0.497 e. The minimum absolute atomic E-state index is 0.328. The summed E-state index contributed by atoms with van der Waals surface area (Å²) in [5.74, 6) is 0.585. The molecule has 1 aliphatic heterocycles. The number of pyridine rings is 1. The summed E-state index contributed by atoms with van der Waals surface area (Å²) in [5, 5.41) is 18.3. The maximum absolute atomic E-state index is 13.6. The molecule has 0 unspecified atom stereocenters. The van der Waals surface area contributed by atoms with Crippen LogP contribution in [0.1, 0.15) is 49.9 Å². The first-order valence-corrected chi connectivity index (χ1v) is 13.7. The molecule has 1 fully saturated rings. The number of methoxy groups -OCH3 is 2. The molecular formula is C31H31N5O7. The van der Waals surface area contributed by atoms with Gasteiger partial charge < -0.3 is 24.6 Å². The van der Waals surface area contributed by atoms with Crippen molar-refractivity contribution in [2.75, 3.05) is 24.4 Å². The third-order valence-electron chi connectivity index (χ3n) is 7.81. The molecular weight excluding hydrogens is 554 g/mol. The Kier molecular flexibility index (Phi) is 6.33. The van der Waals surface area contributed by atoms with E-state index in [9.17, 15) is 19.5 Å². The van der Waals surface area contributed by atoms with E-state index in [4.69, 9.17) is 14.2 Å². The van der Waals surface area contributed by atoms with Crippen molar-refractivity contribution in [3.8, 4) is 11.5 Å². The fraction of sp³-hybridized carbons (Fsp3) is 0.323. The van der Waals surface area contributed by atoms with E-state index in [1.54, 1.807) is 45.2 Å². The Morgan fingerprint density at radius 3 is 2.53 bits per heavy atom. The van der Waals surface area contributed by atoms with Gasteiger partial charge in [-0.15, -0.1) is 5.10 Å². The van der Waals surface area contributed by atoms with E-state index in [-0.39, 0.29) is 5.92 Å². The second-order valence-corrected chi connectivity index (χ2v) is 11.7. The van der Waals surface area contributed by atoms with Crippen molar-refractivity contribution in [3.63, 3.8) is 0 Å². The van der Waals surface area contributed by atoms with Gasteiger partial charge in [0.15, 0.2) is 11.6 Å². The minimum atomic E-state index is -1.34. The van der Waals surface area contributed by atoms with E-state index in [0.717, 1.165) is 16.2 Å². The summed E-state index contributed by atoms with van der Waals surface area (Å²) in [6, 6.07) is 12.3. The van der Waals surface area contributed by atoms with Crippen molar-refractivity contribution in [2.24, 2.45) is 0 Å². The Morgan fingerprint density at radius 1 is 1.09 bits per heavy atom. The number of carboxylic acid groups (broad SMARTS) is 1. The van der Waals surface area contributed by atoms with E-state index in [1.165, 1.54) is 18.9 Å². The predicted octanol–water partition coefficient (Wildman–Crippen LogP) is 5.73. The van der Waals surface area contributed by atoms with Crippen molar-refractivity contribution in [1.29, 1.82) is 0 Å². The Morgan fingerprint density at radius 2 is 1.86 bits per heavy atom. The van der Waals surface area contributed by atoms with Crippen LogP contribution < -0.4 is 19.7 Å². The number of hydrogen-bond acceptors (Lipinski definition) is 9. The maximum Gasteiger partial charge on any atom is 0.435 e. The Hall–Kier alpha value is -5.13. The van der Waals surface area contributed by atoms with Gasteiger partial charge in [-0.3, -0.25) is 9.78 Å². The van der Waals surface area contributed by atoms with Gasteiger partial charge in [0.25, 0.3) is 0 Å². The topological polar surface area (TPSA) is 145 Å². The van der Waals surface area contributed by atoms with Crippen molar-refractivity contribution < 1.29 is 33.7 Å². The van der Waals surface area contributed by atoms with Crippen molar-refractivity contribution in [1.82, 2.24) is 14.8 Å². The summed E-state index contributed by atoms with van der Waals surface area (Å²) in [4.78, 5) is 44.2. The first-order valence-electron chi connectivity index (χ1n) is 13.7. The molecule has 43 heavy (non-hydrogen) atoms. The van der Waals surface area contributed by atoms with E-state index in [2.05, 4.69) is 15.4 Å². The number of hydrogen-bond donors (Lipinski definition) is 2. The molecule has 222 valence electrons. The highest BCUT2D eigenvalue weighted by molar-refractivity contribution is 6.22. The standard InChI is InChI=1S/C31H31N5O7/c1-16-11-22(25(42-6)15-32-16)33-26-19-9-7-17(12-24(19)36(34-26)29(40)43-30(2,3)4)21-14-31(21)20-13-18(41-5)8-10-23(20)35(27(31)37)28(38)39/h7-13,15,21H,14H2,1-6H3,(H,38,39)(H,32,33,34)/t21-,31-/m0/s1. The highest BCUT2D eigenvalue weighted by atomic mass is 16.6. The molecule has 1 aliphatic carbocycles. The Labute approximate surface area is 247 Å². The fourth-order valence-corrected chi connectivity index (χ4v) is 5.83. The van der Waals surface area contributed by atoms with Crippen LogP contribution in [0, 0.1) is 6.92 Å². The van der Waals surface area contributed by atoms with Gasteiger partial charge in [-0.05, 0) is 81.6 Å². The quantitative estimate of drug-likeness (QED) is 0.298. The molecule has 2 aliphatic rings. The normalized spacial score (nSPS) is 19.0. The van der Waals surface area contributed by atoms with E-state index in [1.807, 2.05) is 31.2 Å². The van der Waals surface area contributed by atoms with Gasteiger partial charge in [0.2, 0.25) is 5.91 Å². The molecule has 1 spiro atoms. The van der Waals surface area contributed by atoms with Gasteiger partial charge in [0, 0.05) is 17.0 Å². The highest BCUT2D eigenvalue weighted by Crippen LogP contribution is 2.67. The first-order chi connectivity index (χ1) is 20.4. The molecule has 1 saturated carbocycles. The van der Waals surface area contributed by atoms with Crippen LogP contribution in [0.25, 0.3) is 10.9 Å². The molecule has 2 amide bonds. The average Bonchev–Trinajstić information content (AvgIpc) is 3.53. The summed E-state index contributed by atoms with van der Waals surface area (Å²) in [6.07, 6.45) is -0.00755. The summed E-state index contributed by atoms with van der Waals surface area (Å²) in [5.41, 5.74) is 1.70. The van der Waals surface area contributed by atoms with Crippen LogP contribution in [0.15, 0.2) is 48.7 Å². The number of nitrogens with one attached hydrogen (secondary N) is 1. The van der Waals surface area contributed by atoms with E-state index in [0.29, 0.717) is 51.6 Å². The van der Waals surface area contributed by atoms with Crippen LogP contribution >= 0.6 is 0 Å². The number of benzene rings is 2. The highest BCUT2D eigenvalue weighted by Gasteiger charge is 2.68. The molecule has 4 aromatic rings. The smallest absolute Gasteiger partial charge is 0.435 e. The number of aromatic nitrogens is 3. The van der Waals surface area contributed by atoms with Gasteiger partial charge in [-0.2, -0.15) is 4.68 Å². The number of amides is 2. The van der Waals surface area contributed by atoms with Crippen LogP contribution in [-0.2, 0) is 14.9 Å². The molecule has 0 radical (unpaired) electrons. The lowest BCUT2D eigenvalue weighted by Gasteiger charge is -2.19. The number of carbonyl (C=O) groups is 3. The van der Waals surface area contributed by atoms with Crippen molar-refractivity contribution >= 4 is 46.2 Å².